The molecule has 1 aliphatic rings. The molecule has 1 fully saturated rings. The number of carbonyl (C=O) groups is 1. The van der Waals surface area contributed by atoms with Gasteiger partial charge >= 0.3 is 0 Å². The largest absolute Gasteiger partial charge is 0.487 e. The first-order valence-corrected chi connectivity index (χ1v) is 9.06. The van der Waals surface area contributed by atoms with E-state index >= 15 is 0 Å². The third-order valence-electron chi connectivity index (χ3n) is 4.47. The smallest absolute Gasteiger partial charge is 0.255 e. The number of likely N-dealkylation sites (tertiary alicyclic amines) is 1. The Balaban J connectivity index is 1.55. The zero-order chi connectivity index (χ0) is 17.5. The van der Waals surface area contributed by atoms with Crippen LogP contribution in [0.1, 0.15) is 35.7 Å². The van der Waals surface area contributed by atoms with E-state index in [4.69, 9.17) is 4.74 Å². The summed E-state index contributed by atoms with van der Waals surface area (Å²) in [6.07, 6.45) is 2.62. The Morgan fingerprint density at radius 1 is 1.12 bits per heavy atom. The second-order valence-electron chi connectivity index (χ2n) is 6.52. The van der Waals surface area contributed by atoms with E-state index in [0.717, 1.165) is 25.2 Å². The lowest BCUT2D eigenvalue weighted by Crippen LogP contribution is -2.53. The molecule has 1 aliphatic heterocycles. The van der Waals surface area contributed by atoms with Gasteiger partial charge in [0.1, 0.15) is 11.9 Å². The van der Waals surface area contributed by atoms with Crippen LogP contribution in [0.15, 0.2) is 54.6 Å². The Hall–Kier alpha value is -2.33. The summed E-state index contributed by atoms with van der Waals surface area (Å²) < 4.78 is 6.06. The van der Waals surface area contributed by atoms with Gasteiger partial charge in [-0.3, -0.25) is 9.69 Å². The fourth-order valence-electron chi connectivity index (χ4n) is 2.97. The Kier molecular flexibility index (Phi) is 6.07. The molecule has 0 radical (unpaired) electrons. The zero-order valence-electron chi connectivity index (χ0n) is 14.8. The SMILES string of the molecule is CCCCN1CC(Oc2ccccc2C(=O)NCc2ccccc2)C1. The normalized spacial score (nSPS) is 14.8. The first kappa shape index (κ1) is 17.5. The second kappa shape index (κ2) is 8.67. The van der Waals surface area contributed by atoms with Gasteiger partial charge in [-0.2, -0.15) is 0 Å². The number of hydrogen-bond donors (Lipinski definition) is 1. The van der Waals surface area contributed by atoms with Crippen LogP contribution in [-0.2, 0) is 6.54 Å². The fourth-order valence-corrected chi connectivity index (χ4v) is 2.97. The van der Waals surface area contributed by atoms with Crippen molar-refractivity contribution in [1.82, 2.24) is 10.2 Å². The standard InChI is InChI=1S/C21H26N2O2/c1-2-3-13-23-15-18(16-23)25-20-12-8-7-11-19(20)21(24)22-14-17-9-5-4-6-10-17/h4-12,18H,2-3,13-16H2,1H3,(H,22,24). The van der Waals surface area contributed by atoms with Crippen molar-refractivity contribution >= 4 is 5.91 Å². The summed E-state index contributed by atoms with van der Waals surface area (Å²) in [6, 6.07) is 17.4. The lowest BCUT2D eigenvalue weighted by molar-refractivity contribution is 0.0188. The predicted molar refractivity (Wildman–Crippen MR) is 99.8 cm³/mol. The maximum Gasteiger partial charge on any atom is 0.255 e. The number of rotatable bonds is 8. The third kappa shape index (κ3) is 4.83. The molecule has 0 unspecified atom stereocenters. The van der Waals surface area contributed by atoms with Crippen LogP contribution in [0.4, 0.5) is 0 Å². The highest BCUT2D eigenvalue weighted by molar-refractivity contribution is 5.96. The molecule has 3 rings (SSSR count). The summed E-state index contributed by atoms with van der Waals surface area (Å²) in [5.74, 6) is 0.579. The van der Waals surface area contributed by atoms with Gasteiger partial charge in [0.25, 0.3) is 5.91 Å². The quantitative estimate of drug-likeness (QED) is 0.801. The van der Waals surface area contributed by atoms with Gasteiger partial charge in [0.15, 0.2) is 0 Å². The molecule has 25 heavy (non-hydrogen) atoms. The molecule has 2 aromatic rings. The number of amides is 1. The van der Waals surface area contributed by atoms with Gasteiger partial charge < -0.3 is 10.1 Å². The minimum atomic E-state index is -0.0957. The molecule has 0 atom stereocenters. The molecule has 0 spiro atoms. The molecule has 2 aromatic carbocycles. The molecule has 1 saturated heterocycles. The van der Waals surface area contributed by atoms with E-state index in [-0.39, 0.29) is 12.0 Å². The fraction of sp³-hybridized carbons (Fsp3) is 0.381. The monoisotopic (exact) mass is 338 g/mol. The maximum atomic E-state index is 12.5. The van der Waals surface area contributed by atoms with Crippen LogP contribution < -0.4 is 10.1 Å². The lowest BCUT2D eigenvalue weighted by Gasteiger charge is -2.39. The van der Waals surface area contributed by atoms with E-state index in [1.165, 1.54) is 12.8 Å². The van der Waals surface area contributed by atoms with Crippen molar-refractivity contribution in [3.8, 4) is 5.75 Å². The van der Waals surface area contributed by atoms with Crippen molar-refractivity contribution in [3.63, 3.8) is 0 Å². The van der Waals surface area contributed by atoms with Gasteiger partial charge in [-0.05, 0) is 30.7 Å². The van der Waals surface area contributed by atoms with E-state index in [9.17, 15) is 4.79 Å². The molecule has 4 heteroatoms. The molecule has 0 bridgehead atoms. The van der Waals surface area contributed by atoms with Crippen molar-refractivity contribution in [2.75, 3.05) is 19.6 Å². The number of carbonyl (C=O) groups excluding carboxylic acids is 1. The minimum absolute atomic E-state index is 0.0957. The average Bonchev–Trinajstić information content (AvgIpc) is 2.62. The summed E-state index contributed by atoms with van der Waals surface area (Å²) in [6.45, 7) is 5.75. The Bertz CT molecular complexity index is 681. The summed E-state index contributed by atoms with van der Waals surface area (Å²) in [4.78, 5) is 14.9. The molecule has 1 amide bonds. The van der Waals surface area contributed by atoms with Gasteiger partial charge in [0, 0.05) is 19.6 Å². The molecular formula is C21H26N2O2. The molecule has 1 N–H and O–H groups in total. The maximum absolute atomic E-state index is 12.5. The number of unbranched alkanes of at least 4 members (excludes halogenated alkanes) is 1. The Labute approximate surface area is 149 Å². The van der Waals surface area contributed by atoms with Crippen LogP contribution in [0.25, 0.3) is 0 Å². The topological polar surface area (TPSA) is 41.6 Å². The van der Waals surface area contributed by atoms with Gasteiger partial charge in [0.2, 0.25) is 0 Å². The minimum Gasteiger partial charge on any atom is -0.487 e. The average molecular weight is 338 g/mol. The van der Waals surface area contributed by atoms with Crippen LogP contribution >= 0.6 is 0 Å². The van der Waals surface area contributed by atoms with Crippen LogP contribution in [0.2, 0.25) is 0 Å². The van der Waals surface area contributed by atoms with Gasteiger partial charge in [-0.1, -0.05) is 55.8 Å². The van der Waals surface area contributed by atoms with Crippen LogP contribution in [0, 0.1) is 0 Å². The number of nitrogens with one attached hydrogen (secondary N) is 1. The molecule has 4 nitrogen and oxygen atoms in total. The Morgan fingerprint density at radius 3 is 2.60 bits per heavy atom. The van der Waals surface area contributed by atoms with E-state index in [1.54, 1.807) is 0 Å². The predicted octanol–water partition coefficient (Wildman–Crippen LogP) is 3.48. The summed E-state index contributed by atoms with van der Waals surface area (Å²) in [5.41, 5.74) is 1.69. The molecule has 132 valence electrons. The number of benzene rings is 2. The second-order valence-corrected chi connectivity index (χ2v) is 6.52. The molecule has 0 aromatic heterocycles. The van der Waals surface area contributed by atoms with E-state index < -0.39 is 0 Å². The molecule has 1 heterocycles. The summed E-state index contributed by atoms with van der Waals surface area (Å²) >= 11 is 0. The van der Waals surface area contributed by atoms with Crippen molar-refractivity contribution < 1.29 is 9.53 Å². The first-order valence-electron chi connectivity index (χ1n) is 9.06. The van der Waals surface area contributed by atoms with Gasteiger partial charge in [-0.15, -0.1) is 0 Å². The lowest BCUT2D eigenvalue weighted by atomic mass is 10.1. The first-order chi connectivity index (χ1) is 12.3. The van der Waals surface area contributed by atoms with E-state index in [2.05, 4.69) is 17.1 Å². The van der Waals surface area contributed by atoms with E-state index in [1.807, 2.05) is 54.6 Å². The highest BCUT2D eigenvalue weighted by Crippen LogP contribution is 2.23. The highest BCUT2D eigenvalue weighted by Gasteiger charge is 2.28. The molecule has 0 aliphatic carbocycles. The highest BCUT2D eigenvalue weighted by atomic mass is 16.5. The van der Waals surface area contributed by atoms with Crippen molar-refractivity contribution in [2.24, 2.45) is 0 Å². The van der Waals surface area contributed by atoms with Gasteiger partial charge in [-0.25, -0.2) is 0 Å². The number of ether oxygens (including phenoxy) is 1. The molecular weight excluding hydrogens is 312 g/mol. The summed E-state index contributed by atoms with van der Waals surface area (Å²) in [7, 11) is 0. The van der Waals surface area contributed by atoms with Crippen molar-refractivity contribution in [1.29, 1.82) is 0 Å². The van der Waals surface area contributed by atoms with Crippen molar-refractivity contribution in [2.45, 2.75) is 32.4 Å². The number of nitrogens with zero attached hydrogens (tertiary/aromatic N) is 1. The Morgan fingerprint density at radius 2 is 1.84 bits per heavy atom. The number of para-hydroxylation sites is 1. The summed E-state index contributed by atoms with van der Waals surface area (Å²) in [5, 5.41) is 2.97. The number of hydrogen-bond acceptors (Lipinski definition) is 3. The van der Waals surface area contributed by atoms with Crippen LogP contribution in [-0.4, -0.2) is 36.5 Å². The zero-order valence-corrected chi connectivity index (χ0v) is 14.8. The van der Waals surface area contributed by atoms with Gasteiger partial charge in [0.05, 0.1) is 5.56 Å². The van der Waals surface area contributed by atoms with E-state index in [0.29, 0.717) is 17.9 Å². The molecule has 0 saturated carbocycles. The van der Waals surface area contributed by atoms with Crippen LogP contribution in [0.3, 0.4) is 0 Å². The van der Waals surface area contributed by atoms with Crippen LogP contribution in [0.5, 0.6) is 5.75 Å². The third-order valence-corrected chi connectivity index (χ3v) is 4.47. The van der Waals surface area contributed by atoms with Crippen molar-refractivity contribution in [3.05, 3.63) is 65.7 Å².